The van der Waals surface area contributed by atoms with Gasteiger partial charge in [-0.25, -0.2) is 4.98 Å². The molecule has 0 aliphatic heterocycles. The van der Waals surface area contributed by atoms with Crippen LogP contribution in [0.15, 0.2) is 57.5 Å². The summed E-state index contributed by atoms with van der Waals surface area (Å²) in [5.41, 5.74) is 3.92. The summed E-state index contributed by atoms with van der Waals surface area (Å²) in [7, 11) is 1.80. The number of rotatable bonds is 11. The topological polar surface area (TPSA) is 111 Å². The number of carbonyl (C=O) groups excluding carboxylic acids is 2. The number of nitrogens with zero attached hydrogens (tertiary/aromatic N) is 4. The van der Waals surface area contributed by atoms with E-state index in [4.69, 9.17) is 4.74 Å². The van der Waals surface area contributed by atoms with Gasteiger partial charge >= 0.3 is 0 Å². The minimum absolute atomic E-state index is 0.0942. The fourth-order valence-corrected chi connectivity index (χ4v) is 5.34. The van der Waals surface area contributed by atoms with E-state index in [0.717, 1.165) is 32.6 Å². The molecular formula is C27H29BrN6O3S2. The number of nitrogens with one attached hydrogen (secondary N) is 2. The zero-order chi connectivity index (χ0) is 27.9. The Bertz CT molecular complexity index is 1450. The molecule has 0 unspecified atom stereocenters. The molecule has 0 radical (unpaired) electrons. The van der Waals surface area contributed by atoms with Gasteiger partial charge in [-0.2, -0.15) is 0 Å². The predicted molar refractivity (Wildman–Crippen MR) is 158 cm³/mol. The Labute approximate surface area is 243 Å². The van der Waals surface area contributed by atoms with Gasteiger partial charge in [-0.1, -0.05) is 65.8 Å². The number of thiazole rings is 1. The Balaban J connectivity index is 1.23. The number of carbonyl (C=O) groups is 2. The molecule has 2 heterocycles. The van der Waals surface area contributed by atoms with Crippen LogP contribution in [0.4, 0.5) is 5.13 Å². The van der Waals surface area contributed by atoms with Gasteiger partial charge in [0.2, 0.25) is 5.91 Å². The van der Waals surface area contributed by atoms with Crippen LogP contribution < -0.4 is 15.4 Å². The number of halogens is 1. The highest BCUT2D eigenvalue weighted by atomic mass is 79.9. The van der Waals surface area contributed by atoms with Crippen molar-refractivity contribution in [3.63, 3.8) is 0 Å². The molecule has 2 aromatic carbocycles. The van der Waals surface area contributed by atoms with Crippen LogP contribution in [0, 0.1) is 6.92 Å². The molecule has 0 fully saturated rings. The first-order valence-corrected chi connectivity index (χ1v) is 14.9. The lowest BCUT2D eigenvalue weighted by molar-refractivity contribution is -0.123. The van der Waals surface area contributed by atoms with E-state index >= 15 is 0 Å². The quantitative estimate of drug-likeness (QED) is 0.209. The molecular weight excluding hydrogens is 600 g/mol. The van der Waals surface area contributed by atoms with Crippen LogP contribution >= 0.6 is 39.0 Å². The maximum Gasteiger partial charge on any atom is 0.258 e. The minimum Gasteiger partial charge on any atom is -0.483 e. The van der Waals surface area contributed by atoms with E-state index in [2.05, 4.69) is 55.6 Å². The van der Waals surface area contributed by atoms with Crippen LogP contribution in [-0.4, -0.2) is 43.9 Å². The molecule has 39 heavy (non-hydrogen) atoms. The van der Waals surface area contributed by atoms with Crippen molar-refractivity contribution in [2.75, 3.05) is 17.7 Å². The van der Waals surface area contributed by atoms with Crippen LogP contribution in [-0.2, 0) is 23.2 Å². The van der Waals surface area contributed by atoms with Gasteiger partial charge in [0.1, 0.15) is 5.75 Å². The van der Waals surface area contributed by atoms with Crippen LogP contribution in [0.25, 0.3) is 11.3 Å². The first-order chi connectivity index (χ1) is 18.7. The zero-order valence-electron chi connectivity index (χ0n) is 22.0. The van der Waals surface area contributed by atoms with Crippen molar-refractivity contribution in [2.45, 2.75) is 38.4 Å². The molecule has 204 valence electrons. The number of hydrogen-bond donors (Lipinski definition) is 2. The Hall–Kier alpha value is -3.22. The molecule has 12 heteroatoms. The minimum atomic E-state index is -0.256. The summed E-state index contributed by atoms with van der Waals surface area (Å²) in [5.74, 6) is 1.28. The second-order valence-corrected chi connectivity index (χ2v) is 11.8. The standard InChI is InChI=1S/C27H29BrN6O3S2/c1-16(2)20-10-5-17(3)11-22(20)37-13-24(35)29-12-23-32-33-27(34(23)4)39-15-25(36)31-26-30-21(14-38-26)18-6-8-19(28)9-7-18/h5-11,14,16H,12-13,15H2,1-4H3,(H,29,35)(H,30,31,36). The molecule has 0 atom stereocenters. The fraction of sp³-hybridized carbons (Fsp3) is 0.296. The summed E-state index contributed by atoms with van der Waals surface area (Å²) >= 11 is 6.06. The van der Waals surface area contributed by atoms with Crippen molar-refractivity contribution in [2.24, 2.45) is 7.05 Å². The normalized spacial score (nSPS) is 11.0. The Morgan fingerprint density at radius 2 is 1.90 bits per heavy atom. The predicted octanol–water partition coefficient (Wildman–Crippen LogP) is 5.56. The molecule has 4 rings (SSSR count). The molecule has 0 aliphatic carbocycles. The molecule has 0 saturated heterocycles. The number of amides is 2. The first kappa shape index (κ1) is 28.8. The third kappa shape index (κ3) is 7.90. The number of benzene rings is 2. The van der Waals surface area contributed by atoms with Crippen LogP contribution in [0.3, 0.4) is 0 Å². The third-order valence-electron chi connectivity index (χ3n) is 5.74. The van der Waals surface area contributed by atoms with Gasteiger partial charge in [0, 0.05) is 22.5 Å². The highest BCUT2D eigenvalue weighted by Crippen LogP contribution is 2.28. The van der Waals surface area contributed by atoms with Crippen LogP contribution in [0.2, 0.25) is 0 Å². The van der Waals surface area contributed by atoms with Crippen molar-refractivity contribution in [1.29, 1.82) is 0 Å². The highest BCUT2D eigenvalue weighted by molar-refractivity contribution is 9.10. The largest absolute Gasteiger partial charge is 0.483 e. The van der Waals surface area contributed by atoms with Gasteiger partial charge in [-0.05, 0) is 42.2 Å². The number of aromatic nitrogens is 4. The van der Waals surface area contributed by atoms with E-state index in [1.165, 1.54) is 23.1 Å². The van der Waals surface area contributed by atoms with Gasteiger partial charge in [0.05, 0.1) is 18.0 Å². The first-order valence-electron chi connectivity index (χ1n) is 12.2. The van der Waals surface area contributed by atoms with Crippen molar-refractivity contribution in [3.8, 4) is 17.0 Å². The second kappa shape index (κ2) is 13.2. The van der Waals surface area contributed by atoms with Gasteiger partial charge in [-0.15, -0.1) is 21.5 Å². The van der Waals surface area contributed by atoms with Crippen LogP contribution in [0.1, 0.15) is 36.7 Å². The fourth-order valence-electron chi connectivity index (χ4n) is 3.61. The number of ether oxygens (including phenoxy) is 1. The molecule has 0 aliphatic rings. The molecule has 0 saturated carbocycles. The zero-order valence-corrected chi connectivity index (χ0v) is 25.2. The number of aryl methyl sites for hydroxylation is 1. The van der Waals surface area contributed by atoms with Crippen molar-refractivity contribution >= 4 is 56.0 Å². The smallest absolute Gasteiger partial charge is 0.258 e. The monoisotopic (exact) mass is 628 g/mol. The van der Waals surface area contributed by atoms with Crippen molar-refractivity contribution in [3.05, 3.63) is 69.3 Å². The maximum absolute atomic E-state index is 12.5. The lowest BCUT2D eigenvalue weighted by Crippen LogP contribution is -2.29. The van der Waals surface area contributed by atoms with E-state index in [1.54, 1.807) is 11.6 Å². The molecule has 2 N–H and O–H groups in total. The summed E-state index contributed by atoms with van der Waals surface area (Å²) in [5, 5.41) is 17.0. The van der Waals surface area contributed by atoms with Gasteiger partial charge in [0.15, 0.2) is 22.7 Å². The summed E-state index contributed by atoms with van der Waals surface area (Å²) < 4.78 is 8.55. The van der Waals surface area contributed by atoms with Crippen LogP contribution in [0.5, 0.6) is 5.75 Å². The van der Waals surface area contributed by atoms with E-state index in [-0.39, 0.29) is 36.6 Å². The Kier molecular flexibility index (Phi) is 9.76. The molecule has 2 amide bonds. The van der Waals surface area contributed by atoms with Crippen molar-refractivity contribution in [1.82, 2.24) is 25.1 Å². The number of thioether (sulfide) groups is 1. The molecule has 9 nitrogen and oxygen atoms in total. The lowest BCUT2D eigenvalue weighted by atomic mass is 10.0. The van der Waals surface area contributed by atoms with E-state index in [9.17, 15) is 9.59 Å². The highest BCUT2D eigenvalue weighted by Gasteiger charge is 2.15. The summed E-state index contributed by atoms with van der Waals surface area (Å²) in [6, 6.07) is 13.8. The summed E-state index contributed by atoms with van der Waals surface area (Å²) in [4.78, 5) is 29.4. The van der Waals surface area contributed by atoms with Gasteiger partial charge in [-0.3, -0.25) is 9.59 Å². The molecule has 0 spiro atoms. The summed E-state index contributed by atoms with van der Waals surface area (Å²) in [6.45, 7) is 6.27. The lowest BCUT2D eigenvalue weighted by Gasteiger charge is -2.14. The van der Waals surface area contributed by atoms with Gasteiger partial charge in [0.25, 0.3) is 5.91 Å². The van der Waals surface area contributed by atoms with E-state index in [0.29, 0.717) is 16.1 Å². The summed E-state index contributed by atoms with van der Waals surface area (Å²) in [6.07, 6.45) is 0. The molecule has 2 aromatic heterocycles. The van der Waals surface area contributed by atoms with E-state index in [1.807, 2.05) is 54.8 Å². The number of hydrogen-bond acceptors (Lipinski definition) is 8. The van der Waals surface area contributed by atoms with E-state index < -0.39 is 0 Å². The number of anilines is 1. The maximum atomic E-state index is 12.5. The third-order valence-corrected chi connectivity index (χ3v) is 8.05. The van der Waals surface area contributed by atoms with Crippen molar-refractivity contribution < 1.29 is 14.3 Å². The second-order valence-electron chi connectivity index (χ2n) is 9.10. The van der Waals surface area contributed by atoms with Gasteiger partial charge < -0.3 is 19.9 Å². The average Bonchev–Trinajstić information content (AvgIpc) is 3.51. The molecule has 0 bridgehead atoms. The Morgan fingerprint density at radius 1 is 1.13 bits per heavy atom. The SMILES string of the molecule is Cc1ccc(C(C)C)c(OCC(=O)NCc2nnc(SCC(=O)Nc3nc(-c4ccc(Br)cc4)cs3)n2C)c1. The molecule has 4 aromatic rings. The average molecular weight is 630 g/mol. The Morgan fingerprint density at radius 3 is 2.64 bits per heavy atom.